The second kappa shape index (κ2) is 7.57. The molecule has 26 heavy (non-hydrogen) atoms. The number of imide groups is 1. The number of fused-ring (bicyclic) bond motifs is 1. The fourth-order valence-corrected chi connectivity index (χ4v) is 4.43. The second-order valence-corrected chi connectivity index (χ2v) is 8.23. The highest BCUT2D eigenvalue weighted by Crippen LogP contribution is 2.25. The highest BCUT2D eigenvalue weighted by molar-refractivity contribution is 7.18. The molecule has 1 aliphatic carbocycles. The smallest absolute Gasteiger partial charge is 0.321 e. The summed E-state index contributed by atoms with van der Waals surface area (Å²) >= 11 is 1.46. The number of carbonyl (C=O) groups excluding carboxylic acids is 2. The first-order valence-electron chi connectivity index (χ1n) is 8.92. The van der Waals surface area contributed by atoms with E-state index in [0.29, 0.717) is 16.1 Å². The number of urea groups is 1. The molecule has 1 aliphatic rings. The van der Waals surface area contributed by atoms with Crippen LogP contribution in [0.15, 0.2) is 11.1 Å². The van der Waals surface area contributed by atoms with Crippen LogP contribution in [0.2, 0.25) is 0 Å². The fourth-order valence-electron chi connectivity index (χ4n) is 3.44. The van der Waals surface area contributed by atoms with Crippen LogP contribution in [0.25, 0.3) is 10.2 Å². The minimum absolute atomic E-state index is 0.0914. The lowest BCUT2D eigenvalue weighted by molar-refractivity contribution is -0.120. The lowest BCUT2D eigenvalue weighted by Gasteiger charge is -2.29. The fraction of sp³-hybridized carbons (Fsp3) is 0.556. The lowest BCUT2D eigenvalue weighted by atomic mass is 9.86. The highest BCUT2D eigenvalue weighted by Gasteiger charge is 2.23. The number of rotatable bonds is 3. The van der Waals surface area contributed by atoms with E-state index in [-0.39, 0.29) is 18.1 Å². The predicted molar refractivity (Wildman–Crippen MR) is 101 cm³/mol. The van der Waals surface area contributed by atoms with Gasteiger partial charge in [-0.05, 0) is 38.2 Å². The van der Waals surface area contributed by atoms with E-state index in [0.717, 1.165) is 29.7 Å². The molecule has 2 aromatic heterocycles. The van der Waals surface area contributed by atoms with Gasteiger partial charge in [0, 0.05) is 10.9 Å². The zero-order valence-corrected chi connectivity index (χ0v) is 16.1. The standard InChI is InChI=1S/C18H24N4O3S/c1-10-6-4-5-7-13(10)20-18(25)21-14(23)8-22-9-19-16-15(17(22)24)11(2)12(3)26-16/h9-10,13H,4-8H2,1-3H3,(H2,20,21,23,25)/t10-,13+/m0/s1. The Morgan fingerprint density at radius 2 is 2.04 bits per heavy atom. The van der Waals surface area contributed by atoms with Gasteiger partial charge in [-0.25, -0.2) is 9.78 Å². The molecule has 2 atom stereocenters. The van der Waals surface area contributed by atoms with E-state index < -0.39 is 11.9 Å². The average molecular weight is 376 g/mol. The summed E-state index contributed by atoms with van der Waals surface area (Å²) in [6, 6.07) is -0.410. The summed E-state index contributed by atoms with van der Waals surface area (Å²) in [5.74, 6) is -0.123. The maximum Gasteiger partial charge on any atom is 0.321 e. The molecule has 7 nitrogen and oxygen atoms in total. The molecular formula is C18H24N4O3S. The van der Waals surface area contributed by atoms with Crippen LogP contribution in [0.5, 0.6) is 0 Å². The van der Waals surface area contributed by atoms with Crippen molar-refractivity contribution in [3.63, 3.8) is 0 Å². The zero-order chi connectivity index (χ0) is 18.8. The monoisotopic (exact) mass is 376 g/mol. The number of carbonyl (C=O) groups is 2. The van der Waals surface area contributed by atoms with Crippen LogP contribution in [0.3, 0.4) is 0 Å². The third-order valence-corrected chi connectivity index (χ3v) is 6.27. The van der Waals surface area contributed by atoms with Crippen LogP contribution < -0.4 is 16.2 Å². The number of nitrogens with one attached hydrogen (secondary N) is 2. The van der Waals surface area contributed by atoms with Crippen molar-refractivity contribution >= 4 is 33.5 Å². The Balaban J connectivity index is 1.65. The Hall–Kier alpha value is -2.22. The summed E-state index contributed by atoms with van der Waals surface area (Å²) < 4.78 is 1.24. The molecule has 0 unspecified atom stereocenters. The zero-order valence-electron chi connectivity index (χ0n) is 15.3. The van der Waals surface area contributed by atoms with Crippen LogP contribution >= 0.6 is 11.3 Å². The van der Waals surface area contributed by atoms with Gasteiger partial charge < -0.3 is 5.32 Å². The number of hydrogen-bond acceptors (Lipinski definition) is 5. The SMILES string of the molecule is Cc1sc2ncn(CC(=O)NC(=O)N[C@@H]3CCCC[C@@H]3C)c(=O)c2c1C. The van der Waals surface area contributed by atoms with E-state index in [9.17, 15) is 14.4 Å². The second-order valence-electron chi connectivity index (χ2n) is 7.03. The predicted octanol–water partition coefficient (Wildman–Crippen LogP) is 2.48. The maximum atomic E-state index is 12.6. The van der Waals surface area contributed by atoms with Crippen LogP contribution in [0.1, 0.15) is 43.0 Å². The van der Waals surface area contributed by atoms with E-state index in [1.54, 1.807) is 0 Å². The topological polar surface area (TPSA) is 93.1 Å². The molecule has 0 radical (unpaired) electrons. The van der Waals surface area contributed by atoms with Gasteiger partial charge in [-0.3, -0.25) is 19.5 Å². The highest BCUT2D eigenvalue weighted by atomic mass is 32.1. The number of nitrogens with zero attached hydrogens (tertiary/aromatic N) is 2. The summed E-state index contributed by atoms with van der Waals surface area (Å²) in [6.45, 7) is 5.69. The number of amides is 3. The molecule has 2 N–H and O–H groups in total. The van der Waals surface area contributed by atoms with E-state index in [4.69, 9.17) is 0 Å². The van der Waals surface area contributed by atoms with Crippen molar-refractivity contribution in [3.05, 3.63) is 27.1 Å². The molecule has 0 saturated heterocycles. The first-order valence-corrected chi connectivity index (χ1v) is 9.74. The normalized spacial score (nSPS) is 20.1. The molecule has 1 fully saturated rings. The van der Waals surface area contributed by atoms with Crippen LogP contribution in [-0.4, -0.2) is 27.5 Å². The van der Waals surface area contributed by atoms with Crippen LogP contribution in [0.4, 0.5) is 4.79 Å². The van der Waals surface area contributed by atoms with Crippen molar-refractivity contribution in [2.24, 2.45) is 5.92 Å². The van der Waals surface area contributed by atoms with Crippen molar-refractivity contribution in [2.75, 3.05) is 0 Å². The molecule has 140 valence electrons. The van der Waals surface area contributed by atoms with Crippen LogP contribution in [-0.2, 0) is 11.3 Å². The van der Waals surface area contributed by atoms with Crippen molar-refractivity contribution in [1.82, 2.24) is 20.2 Å². The van der Waals surface area contributed by atoms with Gasteiger partial charge in [0.2, 0.25) is 5.91 Å². The van der Waals surface area contributed by atoms with Crippen molar-refractivity contribution in [3.8, 4) is 0 Å². The van der Waals surface area contributed by atoms with Crippen molar-refractivity contribution < 1.29 is 9.59 Å². The van der Waals surface area contributed by atoms with E-state index in [1.807, 2.05) is 13.8 Å². The first kappa shape index (κ1) is 18.6. The Morgan fingerprint density at radius 1 is 1.31 bits per heavy atom. The summed E-state index contributed by atoms with van der Waals surface area (Å²) in [5, 5.41) is 5.73. The number of hydrogen-bond donors (Lipinski definition) is 2. The van der Waals surface area contributed by atoms with Gasteiger partial charge in [-0.15, -0.1) is 11.3 Å². The molecule has 3 rings (SSSR count). The molecular weight excluding hydrogens is 352 g/mol. The molecule has 3 amide bonds. The summed E-state index contributed by atoms with van der Waals surface area (Å²) in [7, 11) is 0. The molecule has 0 spiro atoms. The Kier molecular flexibility index (Phi) is 5.41. The molecule has 2 heterocycles. The van der Waals surface area contributed by atoms with E-state index in [1.165, 1.54) is 28.7 Å². The minimum Gasteiger partial charge on any atom is -0.335 e. The summed E-state index contributed by atoms with van der Waals surface area (Å²) in [4.78, 5) is 42.8. The van der Waals surface area contributed by atoms with Gasteiger partial charge in [0.1, 0.15) is 11.4 Å². The number of aromatic nitrogens is 2. The average Bonchev–Trinajstić information content (AvgIpc) is 2.87. The van der Waals surface area contributed by atoms with Crippen molar-refractivity contribution in [1.29, 1.82) is 0 Å². The maximum absolute atomic E-state index is 12.6. The summed E-state index contributed by atoms with van der Waals surface area (Å²) in [6.07, 6.45) is 5.64. The molecule has 8 heteroatoms. The van der Waals surface area contributed by atoms with Gasteiger partial charge in [-0.2, -0.15) is 0 Å². The Bertz CT molecular complexity index is 902. The first-order chi connectivity index (χ1) is 12.4. The third-order valence-electron chi connectivity index (χ3n) is 5.15. The van der Waals surface area contributed by atoms with Gasteiger partial charge in [0.15, 0.2) is 0 Å². The molecule has 0 aliphatic heterocycles. The van der Waals surface area contributed by atoms with Crippen LogP contribution in [0, 0.1) is 19.8 Å². The largest absolute Gasteiger partial charge is 0.335 e. The number of thiophene rings is 1. The summed E-state index contributed by atoms with van der Waals surface area (Å²) in [5.41, 5.74) is 0.634. The van der Waals surface area contributed by atoms with Gasteiger partial charge >= 0.3 is 6.03 Å². The molecule has 0 bridgehead atoms. The van der Waals surface area contributed by atoms with Crippen molar-refractivity contribution in [2.45, 2.75) is 59.0 Å². The quantitative estimate of drug-likeness (QED) is 0.861. The molecule has 2 aromatic rings. The molecule has 0 aromatic carbocycles. The Labute approximate surface area is 155 Å². The van der Waals surface area contributed by atoms with Gasteiger partial charge in [-0.1, -0.05) is 19.8 Å². The van der Waals surface area contributed by atoms with Gasteiger partial charge in [0.05, 0.1) is 11.7 Å². The van der Waals surface area contributed by atoms with E-state index in [2.05, 4.69) is 22.5 Å². The molecule has 1 saturated carbocycles. The van der Waals surface area contributed by atoms with E-state index >= 15 is 0 Å². The van der Waals surface area contributed by atoms with Gasteiger partial charge in [0.25, 0.3) is 5.56 Å². The Morgan fingerprint density at radius 3 is 2.77 bits per heavy atom. The lowest BCUT2D eigenvalue weighted by Crippen LogP contribution is -2.48. The minimum atomic E-state index is -0.529. The number of aryl methyl sites for hydroxylation is 2. The third kappa shape index (κ3) is 3.80.